The highest BCUT2D eigenvalue weighted by Gasteiger charge is 2.13. The van der Waals surface area contributed by atoms with Gasteiger partial charge in [-0.3, -0.25) is 9.59 Å². The van der Waals surface area contributed by atoms with E-state index in [0.717, 1.165) is 11.1 Å². The highest BCUT2D eigenvalue weighted by atomic mass is 35.5. The van der Waals surface area contributed by atoms with Crippen molar-refractivity contribution in [2.75, 3.05) is 0 Å². The summed E-state index contributed by atoms with van der Waals surface area (Å²) in [5.41, 5.74) is 3.25. The SMILES string of the molecule is CCn1c(=O)c2ccnn2c2ccc(C(=O)NCc3cccc(Cl)c3)cc21. The normalized spacial score (nSPS) is 11.2. The second kappa shape index (κ2) is 6.89. The first-order valence-electron chi connectivity index (χ1n) is 8.61. The van der Waals surface area contributed by atoms with Crippen LogP contribution in [0.4, 0.5) is 0 Å². The predicted octanol–water partition coefficient (Wildman–Crippen LogP) is 3.25. The first-order chi connectivity index (χ1) is 13.1. The van der Waals surface area contributed by atoms with E-state index in [-0.39, 0.29) is 11.5 Å². The van der Waals surface area contributed by atoms with E-state index in [4.69, 9.17) is 11.6 Å². The van der Waals surface area contributed by atoms with Gasteiger partial charge < -0.3 is 9.88 Å². The summed E-state index contributed by atoms with van der Waals surface area (Å²) < 4.78 is 3.26. The lowest BCUT2D eigenvalue weighted by atomic mass is 10.1. The van der Waals surface area contributed by atoms with E-state index >= 15 is 0 Å². The number of nitrogens with zero attached hydrogens (tertiary/aromatic N) is 3. The van der Waals surface area contributed by atoms with Gasteiger partial charge in [-0.2, -0.15) is 5.10 Å². The van der Waals surface area contributed by atoms with Gasteiger partial charge in [0.25, 0.3) is 11.5 Å². The van der Waals surface area contributed by atoms with Crippen molar-refractivity contribution < 1.29 is 4.79 Å². The van der Waals surface area contributed by atoms with Gasteiger partial charge in [-0.1, -0.05) is 23.7 Å². The van der Waals surface area contributed by atoms with Crippen molar-refractivity contribution in [3.63, 3.8) is 0 Å². The summed E-state index contributed by atoms with van der Waals surface area (Å²) in [6.45, 7) is 2.78. The fourth-order valence-corrected chi connectivity index (χ4v) is 3.42. The largest absolute Gasteiger partial charge is 0.348 e. The molecule has 0 aliphatic heterocycles. The number of hydrogen-bond donors (Lipinski definition) is 1. The van der Waals surface area contributed by atoms with Crippen LogP contribution in [0.3, 0.4) is 0 Å². The standard InChI is InChI=1S/C20H17ClN4O2/c1-2-24-18-11-14(19(26)22-12-13-4-3-5-15(21)10-13)6-7-16(18)25-17(20(24)27)8-9-23-25/h3-11H,2,12H2,1H3,(H,22,26). The second-order valence-electron chi connectivity index (χ2n) is 6.19. The Labute approximate surface area is 160 Å². The van der Waals surface area contributed by atoms with Crippen molar-refractivity contribution in [2.24, 2.45) is 0 Å². The van der Waals surface area contributed by atoms with Crippen molar-refractivity contribution in [1.82, 2.24) is 19.5 Å². The van der Waals surface area contributed by atoms with Gasteiger partial charge in [-0.15, -0.1) is 0 Å². The average molecular weight is 381 g/mol. The fourth-order valence-electron chi connectivity index (χ4n) is 3.21. The number of hydrogen-bond acceptors (Lipinski definition) is 3. The van der Waals surface area contributed by atoms with Crippen LogP contribution in [-0.4, -0.2) is 20.1 Å². The highest BCUT2D eigenvalue weighted by molar-refractivity contribution is 6.30. The average Bonchev–Trinajstić information content (AvgIpc) is 3.16. The molecule has 6 nitrogen and oxygen atoms in total. The summed E-state index contributed by atoms with van der Waals surface area (Å²) in [6.07, 6.45) is 1.60. The number of nitrogens with one attached hydrogen (secondary N) is 1. The van der Waals surface area contributed by atoms with Gasteiger partial charge in [0.15, 0.2) is 0 Å². The van der Waals surface area contributed by atoms with Gasteiger partial charge in [0.1, 0.15) is 5.52 Å². The predicted molar refractivity (Wildman–Crippen MR) is 105 cm³/mol. The van der Waals surface area contributed by atoms with E-state index in [1.165, 1.54) is 0 Å². The van der Waals surface area contributed by atoms with Gasteiger partial charge in [0, 0.05) is 23.7 Å². The van der Waals surface area contributed by atoms with Crippen molar-refractivity contribution in [1.29, 1.82) is 0 Å². The van der Waals surface area contributed by atoms with Crippen LogP contribution in [0, 0.1) is 0 Å². The number of fused-ring (bicyclic) bond motifs is 3. The summed E-state index contributed by atoms with van der Waals surface area (Å²) in [7, 11) is 0. The number of halogens is 1. The van der Waals surface area contributed by atoms with Crippen molar-refractivity contribution in [3.8, 4) is 0 Å². The highest BCUT2D eigenvalue weighted by Crippen LogP contribution is 2.17. The van der Waals surface area contributed by atoms with Gasteiger partial charge in [0.2, 0.25) is 0 Å². The molecule has 0 fully saturated rings. The van der Waals surface area contributed by atoms with Crippen LogP contribution in [0.2, 0.25) is 5.02 Å². The molecule has 1 amide bonds. The third kappa shape index (κ3) is 3.08. The van der Waals surface area contributed by atoms with Gasteiger partial charge in [-0.05, 0) is 48.9 Å². The number of benzene rings is 2. The number of carbonyl (C=O) groups is 1. The van der Waals surface area contributed by atoms with Crippen LogP contribution >= 0.6 is 11.6 Å². The van der Waals surface area contributed by atoms with Crippen LogP contribution in [0.25, 0.3) is 16.6 Å². The molecule has 0 spiro atoms. The quantitative estimate of drug-likeness (QED) is 0.591. The second-order valence-corrected chi connectivity index (χ2v) is 6.63. The molecular formula is C20H17ClN4O2. The molecule has 0 saturated carbocycles. The molecule has 0 atom stereocenters. The first kappa shape index (κ1) is 17.3. The zero-order valence-electron chi connectivity index (χ0n) is 14.6. The minimum atomic E-state index is -0.215. The maximum atomic E-state index is 12.6. The van der Waals surface area contributed by atoms with Gasteiger partial charge >= 0.3 is 0 Å². The van der Waals surface area contributed by atoms with Crippen LogP contribution < -0.4 is 10.9 Å². The van der Waals surface area contributed by atoms with E-state index in [0.29, 0.717) is 34.7 Å². The molecule has 0 aliphatic rings. The topological polar surface area (TPSA) is 68.4 Å². The third-order valence-electron chi connectivity index (χ3n) is 4.52. The Balaban J connectivity index is 1.71. The maximum absolute atomic E-state index is 12.6. The van der Waals surface area contributed by atoms with E-state index in [1.54, 1.807) is 39.5 Å². The molecule has 136 valence electrons. The molecule has 0 aliphatic carbocycles. The maximum Gasteiger partial charge on any atom is 0.277 e. The molecule has 4 rings (SSSR count). The zero-order valence-corrected chi connectivity index (χ0v) is 15.4. The van der Waals surface area contributed by atoms with E-state index in [2.05, 4.69) is 10.4 Å². The Morgan fingerprint density at radius 2 is 1.96 bits per heavy atom. The molecular weight excluding hydrogens is 364 g/mol. The van der Waals surface area contributed by atoms with E-state index in [1.807, 2.05) is 31.2 Å². The molecule has 2 aromatic carbocycles. The molecule has 27 heavy (non-hydrogen) atoms. The van der Waals surface area contributed by atoms with Crippen LogP contribution in [0.15, 0.2) is 59.5 Å². The fraction of sp³-hybridized carbons (Fsp3) is 0.150. The summed E-state index contributed by atoms with van der Waals surface area (Å²) in [5.74, 6) is -0.215. The Hall–Kier alpha value is -3.12. The molecule has 7 heteroatoms. The Morgan fingerprint density at radius 1 is 1.11 bits per heavy atom. The van der Waals surface area contributed by atoms with Crippen molar-refractivity contribution in [2.45, 2.75) is 20.0 Å². The van der Waals surface area contributed by atoms with Gasteiger partial charge in [-0.25, -0.2) is 4.52 Å². The molecule has 0 unspecified atom stereocenters. The molecule has 0 saturated heterocycles. The zero-order chi connectivity index (χ0) is 19.0. The van der Waals surface area contributed by atoms with Crippen molar-refractivity contribution >= 4 is 34.1 Å². The molecule has 0 bridgehead atoms. The number of aromatic nitrogens is 3. The molecule has 2 aromatic heterocycles. The summed E-state index contributed by atoms with van der Waals surface area (Å²) >= 11 is 5.98. The van der Waals surface area contributed by atoms with E-state index < -0.39 is 0 Å². The summed E-state index contributed by atoms with van der Waals surface area (Å²) in [5, 5.41) is 7.74. The lowest BCUT2D eigenvalue weighted by molar-refractivity contribution is 0.0951. The lowest BCUT2D eigenvalue weighted by Gasteiger charge is -2.12. The molecule has 0 radical (unpaired) electrons. The molecule has 2 heterocycles. The number of carbonyl (C=O) groups excluding carboxylic acids is 1. The minimum absolute atomic E-state index is 0.126. The monoisotopic (exact) mass is 380 g/mol. The number of aryl methyl sites for hydroxylation is 1. The third-order valence-corrected chi connectivity index (χ3v) is 4.76. The lowest BCUT2D eigenvalue weighted by Crippen LogP contribution is -2.25. The van der Waals surface area contributed by atoms with E-state index in [9.17, 15) is 9.59 Å². The Morgan fingerprint density at radius 3 is 2.74 bits per heavy atom. The van der Waals surface area contributed by atoms with Crippen LogP contribution in [0.1, 0.15) is 22.8 Å². The van der Waals surface area contributed by atoms with Crippen LogP contribution in [0.5, 0.6) is 0 Å². The number of amides is 1. The summed E-state index contributed by atoms with van der Waals surface area (Å²) in [6, 6.07) is 14.3. The van der Waals surface area contributed by atoms with Crippen LogP contribution in [-0.2, 0) is 13.1 Å². The van der Waals surface area contributed by atoms with Crippen molar-refractivity contribution in [3.05, 3.63) is 81.2 Å². The molecule has 1 N–H and O–H groups in total. The smallest absolute Gasteiger partial charge is 0.277 e. The first-order valence-corrected chi connectivity index (χ1v) is 8.99. The summed E-state index contributed by atoms with van der Waals surface area (Å²) in [4.78, 5) is 25.2. The molecule has 4 aromatic rings. The number of rotatable bonds is 4. The Bertz CT molecular complexity index is 1230. The van der Waals surface area contributed by atoms with Gasteiger partial charge in [0.05, 0.1) is 17.2 Å². The Kier molecular flexibility index (Phi) is 4.41. The minimum Gasteiger partial charge on any atom is -0.348 e.